The largest absolute Gasteiger partial charge is 0.493 e. The number of hydrogen-bond acceptors (Lipinski definition) is 10. The number of allylic oxidation sites excluding steroid dienone is 2. The van der Waals surface area contributed by atoms with Crippen LogP contribution in [0.25, 0.3) is 0 Å². The van der Waals surface area contributed by atoms with E-state index in [0.717, 1.165) is 12.8 Å². The Hall–Kier alpha value is -6.11. The molecule has 4 aliphatic rings. The number of rotatable bonds is 11. The summed E-state index contributed by atoms with van der Waals surface area (Å²) >= 11 is 0. The number of carboxylic acids is 1. The molecule has 7 rings (SSSR count). The van der Waals surface area contributed by atoms with Crippen LogP contribution in [-0.2, 0) is 18.0 Å². The van der Waals surface area contributed by atoms with Gasteiger partial charge in [0.05, 0.1) is 48.8 Å². The standard InChI is InChI=1S/C40H40N4O9/c1-5-23-8-27-16-41-32-14-36(34(49-3)12-30(32)39(47)43(27)18-23)52-20-25-7-26(11-29(10-25)51-22-38(45)46)21-53-37-15-33-31(13-35(37)50-4)40(48)44-19-24(6-2)9-28(44)17-42-33/h5-7,10-17,27-28H,8-9,18-22H2,1-4H3,(H,45,46)/b23-5-,24-6-/t27-,28-/m0/s1. The Bertz CT molecular complexity index is 1970. The summed E-state index contributed by atoms with van der Waals surface area (Å²) in [6.07, 6.45) is 9.18. The highest BCUT2D eigenvalue weighted by Gasteiger charge is 2.36. The molecule has 0 aromatic heterocycles. The van der Waals surface area contributed by atoms with Crippen LogP contribution in [0.3, 0.4) is 0 Å². The summed E-state index contributed by atoms with van der Waals surface area (Å²) < 4.78 is 29.3. The van der Waals surface area contributed by atoms with Gasteiger partial charge in [-0.05, 0) is 68.1 Å². The van der Waals surface area contributed by atoms with Gasteiger partial charge in [0.2, 0.25) is 0 Å². The Morgan fingerprint density at radius 3 is 1.60 bits per heavy atom. The van der Waals surface area contributed by atoms with Crippen LogP contribution in [0.5, 0.6) is 28.7 Å². The number of carbonyl (C=O) groups is 3. The first-order valence-electron chi connectivity index (χ1n) is 17.3. The van der Waals surface area contributed by atoms with Gasteiger partial charge in [-0.15, -0.1) is 0 Å². The van der Waals surface area contributed by atoms with Gasteiger partial charge in [0.1, 0.15) is 19.0 Å². The van der Waals surface area contributed by atoms with Gasteiger partial charge in [-0.25, -0.2) is 4.79 Å². The first kappa shape index (κ1) is 35.3. The van der Waals surface area contributed by atoms with E-state index < -0.39 is 12.6 Å². The molecular weight excluding hydrogens is 680 g/mol. The zero-order valence-electron chi connectivity index (χ0n) is 30.0. The zero-order valence-corrected chi connectivity index (χ0v) is 30.0. The van der Waals surface area contributed by atoms with Gasteiger partial charge < -0.3 is 38.6 Å². The third-order valence-electron chi connectivity index (χ3n) is 9.80. The van der Waals surface area contributed by atoms with Crippen LogP contribution < -0.4 is 23.7 Å². The predicted octanol–water partition coefficient (Wildman–Crippen LogP) is 6.08. The molecule has 13 nitrogen and oxygen atoms in total. The fraction of sp³-hybridized carbons (Fsp3) is 0.325. The number of carbonyl (C=O) groups excluding carboxylic acids is 2. The molecule has 0 radical (unpaired) electrons. The molecule has 1 N–H and O–H groups in total. The smallest absolute Gasteiger partial charge is 0.341 e. The second kappa shape index (κ2) is 14.9. The Morgan fingerprint density at radius 2 is 1.19 bits per heavy atom. The van der Waals surface area contributed by atoms with E-state index in [1.54, 1.807) is 48.8 Å². The summed E-state index contributed by atoms with van der Waals surface area (Å²) in [6, 6.07) is 11.7. The summed E-state index contributed by atoms with van der Waals surface area (Å²) in [5.74, 6) is 0.458. The van der Waals surface area contributed by atoms with Crippen LogP contribution in [0.15, 0.2) is 75.7 Å². The maximum Gasteiger partial charge on any atom is 0.341 e. The van der Waals surface area contributed by atoms with Gasteiger partial charge in [-0.2, -0.15) is 0 Å². The third-order valence-corrected chi connectivity index (χ3v) is 9.80. The Labute approximate surface area is 306 Å². The number of carboxylic acid groups (broad SMARTS) is 1. The van der Waals surface area contributed by atoms with Crippen LogP contribution in [0.4, 0.5) is 11.4 Å². The van der Waals surface area contributed by atoms with Crippen molar-refractivity contribution in [1.29, 1.82) is 0 Å². The second-order valence-electron chi connectivity index (χ2n) is 13.1. The second-order valence-corrected chi connectivity index (χ2v) is 13.1. The van der Waals surface area contributed by atoms with Crippen molar-refractivity contribution in [2.24, 2.45) is 9.98 Å². The molecular formula is C40H40N4O9. The molecule has 2 atom stereocenters. The molecule has 2 fully saturated rings. The lowest BCUT2D eigenvalue weighted by Crippen LogP contribution is -2.35. The highest BCUT2D eigenvalue weighted by atomic mass is 16.5. The number of aliphatic carboxylic acids is 1. The number of hydrogen-bond donors (Lipinski definition) is 1. The number of nitrogens with zero attached hydrogens (tertiary/aromatic N) is 4. The number of ether oxygens (including phenoxy) is 5. The third kappa shape index (κ3) is 7.19. The lowest BCUT2D eigenvalue weighted by Gasteiger charge is -2.20. The molecule has 2 saturated heterocycles. The fourth-order valence-corrected chi connectivity index (χ4v) is 6.98. The Kier molecular flexibility index (Phi) is 9.90. The number of aliphatic imine (C=N–C) groups is 2. The first-order valence-corrected chi connectivity index (χ1v) is 17.3. The van der Waals surface area contributed by atoms with E-state index in [0.29, 0.717) is 75.5 Å². The van der Waals surface area contributed by atoms with E-state index in [1.807, 2.05) is 41.9 Å². The average molecular weight is 721 g/mol. The lowest BCUT2D eigenvalue weighted by molar-refractivity contribution is -0.139. The molecule has 0 unspecified atom stereocenters. The fourth-order valence-electron chi connectivity index (χ4n) is 6.98. The predicted molar refractivity (Wildman–Crippen MR) is 197 cm³/mol. The molecule has 13 heteroatoms. The van der Waals surface area contributed by atoms with Crippen molar-refractivity contribution in [3.8, 4) is 28.7 Å². The number of fused-ring (bicyclic) bond motifs is 4. The van der Waals surface area contributed by atoms with Crippen molar-refractivity contribution in [1.82, 2.24) is 9.80 Å². The Morgan fingerprint density at radius 1 is 0.717 bits per heavy atom. The van der Waals surface area contributed by atoms with E-state index in [2.05, 4.69) is 9.98 Å². The summed E-state index contributed by atoms with van der Waals surface area (Å²) in [7, 11) is 3.01. The summed E-state index contributed by atoms with van der Waals surface area (Å²) in [5, 5.41) is 9.28. The zero-order chi connectivity index (χ0) is 37.2. The highest BCUT2D eigenvalue weighted by molar-refractivity contribution is 6.04. The van der Waals surface area contributed by atoms with Crippen molar-refractivity contribution in [3.05, 3.63) is 88.0 Å². The first-order chi connectivity index (χ1) is 25.7. The van der Waals surface area contributed by atoms with Gasteiger partial charge in [-0.1, -0.05) is 23.3 Å². The summed E-state index contributed by atoms with van der Waals surface area (Å²) in [6.45, 7) is 4.63. The summed E-state index contributed by atoms with van der Waals surface area (Å²) in [5.41, 5.74) is 5.53. The van der Waals surface area contributed by atoms with Crippen molar-refractivity contribution >= 4 is 41.6 Å². The highest BCUT2D eigenvalue weighted by Crippen LogP contribution is 2.41. The Balaban J connectivity index is 1.12. The molecule has 0 aliphatic carbocycles. The molecule has 0 bridgehead atoms. The number of amides is 2. The van der Waals surface area contributed by atoms with Crippen LogP contribution in [0, 0.1) is 0 Å². The average Bonchev–Trinajstić information content (AvgIpc) is 3.74. The van der Waals surface area contributed by atoms with Crippen molar-refractivity contribution in [2.45, 2.75) is 52.0 Å². The van der Waals surface area contributed by atoms with Crippen LogP contribution in [-0.4, -0.2) is 91.1 Å². The topological polar surface area (TPSA) is 149 Å². The van der Waals surface area contributed by atoms with Gasteiger partial charge in [0.25, 0.3) is 11.8 Å². The molecule has 0 saturated carbocycles. The van der Waals surface area contributed by atoms with E-state index >= 15 is 0 Å². The molecule has 4 aliphatic heterocycles. The van der Waals surface area contributed by atoms with Crippen molar-refractivity contribution in [3.63, 3.8) is 0 Å². The maximum absolute atomic E-state index is 13.5. The SMILES string of the molecule is C/C=C1/C[C@H]2C=Nc3cc(OCc4cc(COc5cc6c(cc5OC)C(=O)N5C/C(=C\C)C[C@H]5C=N6)cc(OCC(=O)O)c4)c(OC)cc3C(=O)N2C1. The monoisotopic (exact) mass is 720 g/mol. The minimum Gasteiger partial charge on any atom is -0.493 e. The molecule has 2 amide bonds. The van der Waals surface area contributed by atoms with E-state index in [4.69, 9.17) is 23.7 Å². The van der Waals surface area contributed by atoms with Crippen molar-refractivity contribution < 1.29 is 43.2 Å². The van der Waals surface area contributed by atoms with Gasteiger partial charge in [0.15, 0.2) is 29.6 Å². The molecule has 4 heterocycles. The van der Waals surface area contributed by atoms with Crippen molar-refractivity contribution in [2.75, 3.05) is 33.9 Å². The minimum atomic E-state index is -1.12. The van der Waals surface area contributed by atoms with Gasteiger partial charge >= 0.3 is 5.97 Å². The van der Waals surface area contributed by atoms with Crippen LogP contribution in [0.1, 0.15) is 58.5 Å². The lowest BCUT2D eigenvalue weighted by atomic mass is 10.1. The normalized spacial score (nSPS) is 20.1. The van der Waals surface area contributed by atoms with E-state index in [-0.39, 0.29) is 37.1 Å². The quantitative estimate of drug-likeness (QED) is 0.233. The molecule has 53 heavy (non-hydrogen) atoms. The van der Waals surface area contributed by atoms with Gasteiger partial charge in [-0.3, -0.25) is 19.6 Å². The molecule has 274 valence electrons. The maximum atomic E-state index is 13.5. The van der Waals surface area contributed by atoms with E-state index in [9.17, 15) is 19.5 Å². The minimum absolute atomic E-state index is 0.0507. The number of benzene rings is 3. The van der Waals surface area contributed by atoms with E-state index in [1.165, 1.54) is 25.4 Å². The van der Waals surface area contributed by atoms with Crippen LogP contribution >= 0.6 is 0 Å². The molecule has 3 aromatic carbocycles. The van der Waals surface area contributed by atoms with Crippen LogP contribution in [0.2, 0.25) is 0 Å². The molecule has 0 spiro atoms. The van der Waals surface area contributed by atoms with Gasteiger partial charge in [0, 0.05) is 37.7 Å². The number of methoxy groups -OCH3 is 2. The molecule has 3 aromatic rings. The summed E-state index contributed by atoms with van der Waals surface area (Å²) in [4.78, 5) is 51.3.